The Morgan fingerprint density at radius 3 is 2.50 bits per heavy atom. The molecule has 1 aromatic carbocycles. The van der Waals surface area contributed by atoms with Gasteiger partial charge < -0.3 is 15.2 Å². The van der Waals surface area contributed by atoms with Gasteiger partial charge in [-0.05, 0) is 39.5 Å². The third-order valence-corrected chi connectivity index (χ3v) is 4.26. The quantitative estimate of drug-likeness (QED) is 0.933. The summed E-state index contributed by atoms with van der Waals surface area (Å²) in [5.41, 5.74) is 7.19. The lowest BCUT2D eigenvalue weighted by atomic mass is 10.0. The smallest absolute Gasteiger partial charge is 0.133 e. The Labute approximate surface area is 119 Å². The Bertz CT molecular complexity index is 528. The van der Waals surface area contributed by atoms with Crippen molar-refractivity contribution in [2.24, 2.45) is 5.73 Å². The molecule has 0 aliphatic carbocycles. The normalized spacial score (nSPS) is 12.2. The van der Waals surface area contributed by atoms with Gasteiger partial charge in [0.25, 0.3) is 0 Å². The summed E-state index contributed by atoms with van der Waals surface area (Å²) in [5.74, 6) is 1.50. The Morgan fingerprint density at radius 2 is 1.94 bits per heavy atom. The summed E-state index contributed by atoms with van der Waals surface area (Å²) in [6, 6.07) is 7.59. The third-order valence-electron chi connectivity index (χ3n) is 2.69. The van der Waals surface area contributed by atoms with Crippen molar-refractivity contribution < 1.29 is 9.47 Å². The number of thiophene rings is 1. The molecule has 1 atom stereocenters. The Kier molecular flexibility index (Phi) is 4.27. The number of halogens is 1. The first kappa shape index (κ1) is 13.4. The summed E-state index contributed by atoms with van der Waals surface area (Å²) in [6.45, 7) is 0. The van der Waals surface area contributed by atoms with Crippen LogP contribution < -0.4 is 15.2 Å². The minimum Gasteiger partial charge on any atom is -0.496 e. The molecule has 0 amide bonds. The molecule has 1 heterocycles. The Balaban J connectivity index is 2.48. The number of rotatable bonds is 4. The zero-order chi connectivity index (χ0) is 13.1. The first-order chi connectivity index (χ1) is 8.67. The van der Waals surface area contributed by atoms with Crippen LogP contribution in [-0.2, 0) is 0 Å². The van der Waals surface area contributed by atoms with E-state index >= 15 is 0 Å². The second-order valence-corrected chi connectivity index (χ2v) is 5.56. The molecule has 1 aromatic heterocycles. The lowest BCUT2D eigenvalue weighted by Gasteiger charge is -2.16. The fraction of sp³-hybridized carbons (Fsp3) is 0.231. The molecule has 0 saturated carbocycles. The van der Waals surface area contributed by atoms with E-state index in [-0.39, 0.29) is 6.04 Å². The van der Waals surface area contributed by atoms with Gasteiger partial charge in [-0.2, -0.15) is 0 Å². The van der Waals surface area contributed by atoms with Gasteiger partial charge in [0.15, 0.2) is 0 Å². The van der Waals surface area contributed by atoms with E-state index in [0.717, 1.165) is 26.4 Å². The lowest BCUT2D eigenvalue weighted by Crippen LogP contribution is -2.12. The molecular formula is C13H14BrNO2S. The molecule has 5 heteroatoms. The number of ether oxygens (including phenoxy) is 2. The first-order valence-corrected chi connectivity index (χ1v) is 7.05. The Morgan fingerprint density at radius 1 is 1.22 bits per heavy atom. The summed E-state index contributed by atoms with van der Waals surface area (Å²) in [4.78, 5) is 1.10. The van der Waals surface area contributed by atoms with Crippen LogP contribution in [0, 0.1) is 0 Å². The largest absolute Gasteiger partial charge is 0.496 e. The summed E-state index contributed by atoms with van der Waals surface area (Å²) >= 11 is 5.07. The highest BCUT2D eigenvalue weighted by atomic mass is 79.9. The summed E-state index contributed by atoms with van der Waals surface area (Å²) in [6.07, 6.45) is 0. The topological polar surface area (TPSA) is 44.5 Å². The van der Waals surface area contributed by atoms with E-state index in [0.29, 0.717) is 0 Å². The second kappa shape index (κ2) is 5.73. The second-order valence-electron chi connectivity index (χ2n) is 3.72. The average Bonchev–Trinajstić information content (AvgIpc) is 2.91. The number of methoxy groups -OCH3 is 2. The number of nitrogens with two attached hydrogens (primary N) is 1. The monoisotopic (exact) mass is 327 g/mol. The SMILES string of the molecule is COc1cc(C(N)c2cccs2)c(OC)cc1Br. The van der Waals surface area contributed by atoms with Crippen molar-refractivity contribution in [3.8, 4) is 11.5 Å². The lowest BCUT2D eigenvalue weighted by molar-refractivity contribution is 0.395. The molecule has 0 spiro atoms. The number of hydrogen-bond donors (Lipinski definition) is 1. The molecule has 18 heavy (non-hydrogen) atoms. The molecule has 0 fully saturated rings. The van der Waals surface area contributed by atoms with Gasteiger partial charge in [0.2, 0.25) is 0 Å². The highest BCUT2D eigenvalue weighted by Crippen LogP contribution is 2.37. The van der Waals surface area contributed by atoms with Gasteiger partial charge in [0, 0.05) is 10.4 Å². The van der Waals surface area contributed by atoms with E-state index in [1.807, 2.05) is 29.6 Å². The molecular weight excluding hydrogens is 314 g/mol. The van der Waals surface area contributed by atoms with Crippen molar-refractivity contribution in [3.63, 3.8) is 0 Å². The van der Waals surface area contributed by atoms with Crippen molar-refractivity contribution >= 4 is 27.3 Å². The van der Waals surface area contributed by atoms with Crippen molar-refractivity contribution in [1.29, 1.82) is 0 Å². The summed E-state index contributed by atoms with van der Waals surface area (Å²) in [5, 5.41) is 2.01. The van der Waals surface area contributed by atoms with E-state index < -0.39 is 0 Å². The molecule has 2 N–H and O–H groups in total. The van der Waals surface area contributed by atoms with Crippen LogP contribution >= 0.6 is 27.3 Å². The minimum atomic E-state index is -0.207. The molecule has 0 aliphatic rings. The maximum atomic E-state index is 6.27. The van der Waals surface area contributed by atoms with E-state index in [4.69, 9.17) is 15.2 Å². The van der Waals surface area contributed by atoms with Gasteiger partial charge in [-0.15, -0.1) is 11.3 Å². The van der Waals surface area contributed by atoms with Crippen molar-refractivity contribution in [3.05, 3.63) is 44.6 Å². The van der Waals surface area contributed by atoms with Crippen molar-refractivity contribution in [2.75, 3.05) is 14.2 Å². The van der Waals surface area contributed by atoms with Crippen LogP contribution in [0.3, 0.4) is 0 Å². The maximum absolute atomic E-state index is 6.27. The predicted molar refractivity (Wildman–Crippen MR) is 77.6 cm³/mol. The predicted octanol–water partition coefficient (Wildman–Crippen LogP) is 3.58. The molecule has 0 saturated heterocycles. The summed E-state index contributed by atoms with van der Waals surface area (Å²) < 4.78 is 11.5. The number of hydrogen-bond acceptors (Lipinski definition) is 4. The van der Waals surface area contributed by atoms with Crippen molar-refractivity contribution in [2.45, 2.75) is 6.04 Å². The highest BCUT2D eigenvalue weighted by molar-refractivity contribution is 9.10. The average molecular weight is 328 g/mol. The van der Waals surface area contributed by atoms with E-state index in [2.05, 4.69) is 15.9 Å². The molecule has 1 unspecified atom stereocenters. The van der Waals surface area contributed by atoms with Crippen molar-refractivity contribution in [1.82, 2.24) is 0 Å². The highest BCUT2D eigenvalue weighted by Gasteiger charge is 2.17. The van der Waals surface area contributed by atoms with Crippen LogP contribution in [0.1, 0.15) is 16.5 Å². The fourth-order valence-electron chi connectivity index (χ4n) is 1.75. The number of benzene rings is 1. The van der Waals surface area contributed by atoms with Crippen LogP contribution in [0.25, 0.3) is 0 Å². The zero-order valence-electron chi connectivity index (χ0n) is 10.1. The van der Waals surface area contributed by atoms with Crippen LogP contribution in [0.4, 0.5) is 0 Å². The van der Waals surface area contributed by atoms with Gasteiger partial charge in [-0.3, -0.25) is 0 Å². The van der Waals surface area contributed by atoms with Gasteiger partial charge in [0.05, 0.1) is 24.7 Å². The first-order valence-electron chi connectivity index (χ1n) is 5.37. The van der Waals surface area contributed by atoms with E-state index in [9.17, 15) is 0 Å². The summed E-state index contributed by atoms with van der Waals surface area (Å²) in [7, 11) is 3.27. The maximum Gasteiger partial charge on any atom is 0.133 e. The van der Waals surface area contributed by atoms with Crippen LogP contribution in [0.15, 0.2) is 34.1 Å². The van der Waals surface area contributed by atoms with Gasteiger partial charge >= 0.3 is 0 Å². The van der Waals surface area contributed by atoms with Gasteiger partial charge in [-0.1, -0.05) is 6.07 Å². The molecule has 2 rings (SSSR count). The standard InChI is InChI=1S/C13H14BrNO2S/c1-16-10-7-9(14)11(17-2)6-8(10)13(15)12-4-3-5-18-12/h3-7,13H,15H2,1-2H3. The molecule has 0 radical (unpaired) electrons. The molecule has 2 aromatic rings. The van der Waals surface area contributed by atoms with Gasteiger partial charge in [0.1, 0.15) is 11.5 Å². The van der Waals surface area contributed by atoms with Crippen LogP contribution in [0.2, 0.25) is 0 Å². The third kappa shape index (κ3) is 2.53. The molecule has 3 nitrogen and oxygen atoms in total. The zero-order valence-corrected chi connectivity index (χ0v) is 12.5. The Hall–Kier alpha value is -1.04. The molecule has 96 valence electrons. The minimum absolute atomic E-state index is 0.207. The molecule has 0 bridgehead atoms. The van der Waals surface area contributed by atoms with Crippen LogP contribution in [0.5, 0.6) is 11.5 Å². The van der Waals surface area contributed by atoms with E-state index in [1.165, 1.54) is 0 Å². The fourth-order valence-corrected chi connectivity index (χ4v) is 2.98. The molecule has 0 aliphatic heterocycles. The van der Waals surface area contributed by atoms with E-state index in [1.54, 1.807) is 25.6 Å². The van der Waals surface area contributed by atoms with Crippen LogP contribution in [-0.4, -0.2) is 14.2 Å². The van der Waals surface area contributed by atoms with Gasteiger partial charge in [-0.25, -0.2) is 0 Å².